The predicted octanol–water partition coefficient (Wildman–Crippen LogP) is 4.97. The summed E-state index contributed by atoms with van der Waals surface area (Å²) in [5, 5.41) is 1.88. The van der Waals surface area contributed by atoms with E-state index in [1.807, 2.05) is 43.3 Å². The summed E-state index contributed by atoms with van der Waals surface area (Å²) in [6.45, 7) is 2.19. The second-order valence-electron chi connectivity index (χ2n) is 5.90. The van der Waals surface area contributed by atoms with Crippen molar-refractivity contribution in [3.8, 4) is 17.2 Å². The highest BCUT2D eigenvalue weighted by Gasteiger charge is 2.12. The van der Waals surface area contributed by atoms with E-state index in [4.69, 9.17) is 18.6 Å². The summed E-state index contributed by atoms with van der Waals surface area (Å²) in [6.07, 6.45) is 0. The molecule has 0 unspecified atom stereocenters. The molecule has 0 fully saturated rings. The number of fused-ring (bicyclic) bond motifs is 3. The summed E-state index contributed by atoms with van der Waals surface area (Å²) in [7, 11) is 0. The van der Waals surface area contributed by atoms with Gasteiger partial charge >= 0.3 is 5.97 Å². The Bertz CT molecular complexity index is 1100. The highest BCUT2D eigenvalue weighted by molar-refractivity contribution is 6.05. The van der Waals surface area contributed by atoms with Crippen molar-refractivity contribution < 1.29 is 23.4 Å². The lowest BCUT2D eigenvalue weighted by Gasteiger charge is -2.11. The first-order chi connectivity index (χ1) is 13.2. The Kier molecular flexibility index (Phi) is 4.66. The standard InChI is InChI=1S/C22H18O5/c1-2-24-20-9-5-6-10-21(20)25-14-22(23)26-15-11-12-19-17(13-15)16-7-3-4-8-18(16)27-19/h3-13H,2,14H2,1H3. The van der Waals surface area contributed by atoms with Crippen LogP contribution in [0.25, 0.3) is 21.9 Å². The monoisotopic (exact) mass is 362 g/mol. The van der Waals surface area contributed by atoms with E-state index < -0.39 is 5.97 Å². The molecule has 136 valence electrons. The number of carbonyl (C=O) groups is 1. The van der Waals surface area contributed by atoms with Crippen molar-refractivity contribution in [2.45, 2.75) is 6.92 Å². The van der Waals surface area contributed by atoms with E-state index in [0.29, 0.717) is 23.9 Å². The molecule has 0 amide bonds. The molecular weight excluding hydrogens is 344 g/mol. The van der Waals surface area contributed by atoms with Gasteiger partial charge in [-0.05, 0) is 43.3 Å². The molecule has 5 nitrogen and oxygen atoms in total. The minimum atomic E-state index is -0.492. The van der Waals surface area contributed by atoms with Gasteiger partial charge in [-0.15, -0.1) is 0 Å². The summed E-state index contributed by atoms with van der Waals surface area (Å²) in [5.74, 6) is 1.06. The average Bonchev–Trinajstić information content (AvgIpc) is 3.06. The summed E-state index contributed by atoms with van der Waals surface area (Å²) >= 11 is 0. The number of hydrogen-bond donors (Lipinski definition) is 0. The Balaban J connectivity index is 1.47. The van der Waals surface area contributed by atoms with Crippen LogP contribution in [0.1, 0.15) is 6.92 Å². The number of carbonyl (C=O) groups excluding carboxylic acids is 1. The third-order valence-corrected chi connectivity index (χ3v) is 4.07. The van der Waals surface area contributed by atoms with Crippen molar-refractivity contribution in [1.29, 1.82) is 0 Å². The van der Waals surface area contributed by atoms with Gasteiger partial charge in [0, 0.05) is 10.8 Å². The SMILES string of the molecule is CCOc1ccccc1OCC(=O)Oc1ccc2oc3ccccc3c2c1. The number of benzene rings is 3. The Labute approximate surface area is 156 Å². The van der Waals surface area contributed by atoms with Crippen LogP contribution in [0.4, 0.5) is 0 Å². The Morgan fingerprint density at radius 3 is 2.37 bits per heavy atom. The third-order valence-electron chi connectivity index (χ3n) is 4.07. The molecule has 0 radical (unpaired) electrons. The zero-order valence-corrected chi connectivity index (χ0v) is 14.8. The van der Waals surface area contributed by atoms with E-state index in [9.17, 15) is 4.79 Å². The molecule has 0 saturated heterocycles. The highest BCUT2D eigenvalue weighted by Crippen LogP contribution is 2.31. The van der Waals surface area contributed by atoms with E-state index in [1.54, 1.807) is 30.3 Å². The molecule has 4 rings (SSSR count). The third kappa shape index (κ3) is 3.58. The van der Waals surface area contributed by atoms with Crippen LogP contribution < -0.4 is 14.2 Å². The lowest BCUT2D eigenvalue weighted by molar-refractivity contribution is -0.136. The molecule has 27 heavy (non-hydrogen) atoms. The second kappa shape index (κ2) is 7.41. The molecule has 0 aliphatic rings. The van der Waals surface area contributed by atoms with Crippen molar-refractivity contribution in [1.82, 2.24) is 0 Å². The predicted molar refractivity (Wildman–Crippen MR) is 102 cm³/mol. The van der Waals surface area contributed by atoms with E-state index in [0.717, 1.165) is 21.9 Å². The summed E-state index contributed by atoms with van der Waals surface area (Å²) in [6, 6.07) is 20.3. The van der Waals surface area contributed by atoms with Gasteiger partial charge in [0.15, 0.2) is 18.1 Å². The van der Waals surface area contributed by atoms with Gasteiger partial charge < -0.3 is 18.6 Å². The number of esters is 1. The molecular formula is C22H18O5. The maximum absolute atomic E-state index is 12.2. The number of rotatable bonds is 6. The number of ether oxygens (including phenoxy) is 3. The average molecular weight is 362 g/mol. The Morgan fingerprint density at radius 2 is 1.56 bits per heavy atom. The van der Waals surface area contributed by atoms with E-state index in [2.05, 4.69) is 0 Å². The quantitative estimate of drug-likeness (QED) is 0.358. The largest absolute Gasteiger partial charge is 0.490 e. The Morgan fingerprint density at radius 1 is 0.852 bits per heavy atom. The fourth-order valence-corrected chi connectivity index (χ4v) is 2.91. The molecule has 0 N–H and O–H groups in total. The summed E-state index contributed by atoms with van der Waals surface area (Å²) in [4.78, 5) is 12.2. The van der Waals surface area contributed by atoms with Gasteiger partial charge in [-0.2, -0.15) is 0 Å². The first kappa shape index (κ1) is 17.0. The van der Waals surface area contributed by atoms with Crippen LogP contribution in [0.5, 0.6) is 17.2 Å². The summed E-state index contributed by atoms with van der Waals surface area (Å²) in [5.41, 5.74) is 1.55. The zero-order valence-electron chi connectivity index (χ0n) is 14.8. The van der Waals surface area contributed by atoms with Crippen molar-refractivity contribution in [2.24, 2.45) is 0 Å². The Hall–Kier alpha value is -3.47. The molecule has 0 bridgehead atoms. The lowest BCUT2D eigenvalue weighted by atomic mass is 10.1. The minimum Gasteiger partial charge on any atom is -0.490 e. The normalized spacial score (nSPS) is 10.9. The van der Waals surface area contributed by atoms with E-state index >= 15 is 0 Å². The van der Waals surface area contributed by atoms with Gasteiger partial charge in [0.25, 0.3) is 0 Å². The molecule has 3 aromatic carbocycles. The van der Waals surface area contributed by atoms with Gasteiger partial charge in [0.05, 0.1) is 6.61 Å². The topological polar surface area (TPSA) is 57.9 Å². The minimum absolute atomic E-state index is 0.214. The van der Waals surface area contributed by atoms with Crippen LogP contribution in [0.3, 0.4) is 0 Å². The van der Waals surface area contributed by atoms with Crippen LogP contribution in [0.15, 0.2) is 71.1 Å². The smallest absolute Gasteiger partial charge is 0.349 e. The molecule has 5 heteroatoms. The fourth-order valence-electron chi connectivity index (χ4n) is 2.91. The molecule has 0 atom stereocenters. The molecule has 1 aromatic heterocycles. The molecule has 4 aromatic rings. The first-order valence-electron chi connectivity index (χ1n) is 8.71. The van der Waals surface area contributed by atoms with Gasteiger partial charge in [0.1, 0.15) is 16.9 Å². The first-order valence-corrected chi connectivity index (χ1v) is 8.71. The van der Waals surface area contributed by atoms with E-state index in [-0.39, 0.29) is 6.61 Å². The number of furan rings is 1. The van der Waals surface area contributed by atoms with Gasteiger partial charge in [-0.3, -0.25) is 0 Å². The van der Waals surface area contributed by atoms with Crippen LogP contribution in [-0.2, 0) is 4.79 Å². The van der Waals surface area contributed by atoms with Gasteiger partial charge in [-0.25, -0.2) is 4.79 Å². The van der Waals surface area contributed by atoms with Crippen molar-refractivity contribution in [3.63, 3.8) is 0 Å². The maximum Gasteiger partial charge on any atom is 0.349 e. The molecule has 0 spiro atoms. The zero-order chi connectivity index (χ0) is 18.6. The highest BCUT2D eigenvalue weighted by atomic mass is 16.6. The fraction of sp³-hybridized carbons (Fsp3) is 0.136. The van der Waals surface area contributed by atoms with Crippen LogP contribution in [0, 0.1) is 0 Å². The van der Waals surface area contributed by atoms with Crippen molar-refractivity contribution >= 4 is 27.9 Å². The van der Waals surface area contributed by atoms with Crippen molar-refractivity contribution in [2.75, 3.05) is 13.2 Å². The van der Waals surface area contributed by atoms with Crippen LogP contribution >= 0.6 is 0 Å². The van der Waals surface area contributed by atoms with Gasteiger partial charge in [-0.1, -0.05) is 30.3 Å². The van der Waals surface area contributed by atoms with Gasteiger partial charge in [0.2, 0.25) is 0 Å². The van der Waals surface area contributed by atoms with Crippen molar-refractivity contribution in [3.05, 3.63) is 66.7 Å². The maximum atomic E-state index is 12.2. The molecule has 0 aliphatic carbocycles. The number of para-hydroxylation sites is 3. The van der Waals surface area contributed by atoms with E-state index in [1.165, 1.54) is 0 Å². The lowest BCUT2D eigenvalue weighted by Crippen LogP contribution is -2.18. The molecule has 0 aliphatic heterocycles. The molecule has 0 saturated carbocycles. The molecule has 1 heterocycles. The number of hydrogen-bond acceptors (Lipinski definition) is 5. The van der Waals surface area contributed by atoms with Crippen LogP contribution in [0.2, 0.25) is 0 Å². The second-order valence-corrected chi connectivity index (χ2v) is 5.90. The van der Waals surface area contributed by atoms with Crippen LogP contribution in [-0.4, -0.2) is 19.2 Å². The summed E-state index contributed by atoms with van der Waals surface area (Å²) < 4.78 is 22.2.